The summed E-state index contributed by atoms with van der Waals surface area (Å²) in [7, 11) is 3.43. The molecule has 0 aliphatic rings. The minimum atomic E-state index is -0.999. The fourth-order valence-electron chi connectivity index (χ4n) is 3.02. The molecule has 0 aliphatic carbocycles. The second-order valence-corrected chi connectivity index (χ2v) is 6.69. The molecule has 30 heavy (non-hydrogen) atoms. The third-order valence-electron chi connectivity index (χ3n) is 4.61. The zero-order valence-corrected chi connectivity index (χ0v) is 17.3. The third kappa shape index (κ3) is 5.21. The number of ether oxygens (including phenoxy) is 3. The van der Waals surface area contributed by atoms with Crippen LogP contribution >= 0.6 is 0 Å². The molecule has 1 N–H and O–H groups in total. The number of hydrogen-bond donors (Lipinski definition) is 1. The van der Waals surface area contributed by atoms with Crippen molar-refractivity contribution < 1.29 is 28.5 Å². The minimum absolute atomic E-state index is 0.215. The zero-order valence-electron chi connectivity index (χ0n) is 17.3. The van der Waals surface area contributed by atoms with Crippen molar-refractivity contribution in [2.75, 3.05) is 38.8 Å². The lowest BCUT2D eigenvalue weighted by molar-refractivity contribution is -0.149. The number of nitrogens with zero attached hydrogens (tertiary/aromatic N) is 2. The molecule has 0 fully saturated rings. The smallest absolute Gasteiger partial charge is 0.333 e. The van der Waals surface area contributed by atoms with Gasteiger partial charge in [-0.05, 0) is 30.7 Å². The molecule has 1 unspecified atom stereocenters. The van der Waals surface area contributed by atoms with Crippen LogP contribution in [0.5, 0.6) is 11.5 Å². The van der Waals surface area contributed by atoms with Gasteiger partial charge in [-0.1, -0.05) is 18.2 Å². The number of carboxylic acids is 1. The summed E-state index contributed by atoms with van der Waals surface area (Å²) in [6.45, 7) is 3.08. The van der Waals surface area contributed by atoms with Gasteiger partial charge in [0, 0.05) is 26.1 Å². The lowest BCUT2D eigenvalue weighted by atomic mass is 10.1. The maximum absolute atomic E-state index is 11.3. The van der Waals surface area contributed by atoms with Crippen LogP contribution in [0.15, 0.2) is 46.9 Å². The Labute approximate surface area is 175 Å². The number of fused-ring (bicyclic) bond motifs is 1. The zero-order chi connectivity index (χ0) is 21.5. The van der Waals surface area contributed by atoms with Gasteiger partial charge in [0.2, 0.25) is 0 Å². The van der Waals surface area contributed by atoms with Gasteiger partial charge in [0.1, 0.15) is 23.6 Å². The molecule has 0 aliphatic heterocycles. The molecule has 8 heteroatoms. The molecule has 1 heterocycles. The molecule has 1 atom stereocenters. The Morgan fingerprint density at radius 2 is 2.07 bits per heavy atom. The van der Waals surface area contributed by atoms with Crippen molar-refractivity contribution >= 4 is 23.1 Å². The monoisotopic (exact) mass is 414 g/mol. The van der Waals surface area contributed by atoms with Crippen molar-refractivity contribution in [1.29, 1.82) is 0 Å². The fourth-order valence-corrected chi connectivity index (χ4v) is 3.02. The number of aliphatic carboxylic acids is 1. The van der Waals surface area contributed by atoms with E-state index >= 15 is 0 Å². The van der Waals surface area contributed by atoms with Crippen molar-refractivity contribution in [1.82, 2.24) is 4.98 Å². The van der Waals surface area contributed by atoms with E-state index in [1.165, 1.54) is 0 Å². The van der Waals surface area contributed by atoms with Crippen LogP contribution in [-0.4, -0.2) is 56.1 Å². The van der Waals surface area contributed by atoms with Crippen molar-refractivity contribution in [3.05, 3.63) is 48.0 Å². The summed E-state index contributed by atoms with van der Waals surface area (Å²) in [5, 5.41) is 9.28. The minimum Gasteiger partial charge on any atom is -0.496 e. The van der Waals surface area contributed by atoms with Gasteiger partial charge in [0.15, 0.2) is 11.7 Å². The molecule has 3 rings (SSSR count). The summed E-state index contributed by atoms with van der Waals surface area (Å²) in [4.78, 5) is 17.7. The van der Waals surface area contributed by atoms with Crippen LogP contribution in [0.25, 0.3) is 11.1 Å². The Kier molecular flexibility index (Phi) is 7.13. The number of para-hydroxylation sites is 2. The molecular weight excluding hydrogens is 388 g/mol. The van der Waals surface area contributed by atoms with Crippen LogP contribution in [-0.2, 0) is 16.0 Å². The van der Waals surface area contributed by atoms with E-state index in [0.29, 0.717) is 37.3 Å². The van der Waals surface area contributed by atoms with Crippen LogP contribution in [0.2, 0.25) is 0 Å². The third-order valence-corrected chi connectivity index (χ3v) is 4.61. The van der Waals surface area contributed by atoms with Crippen LogP contribution in [0.4, 0.5) is 6.01 Å². The lowest BCUT2D eigenvalue weighted by Gasteiger charge is -2.17. The van der Waals surface area contributed by atoms with E-state index in [1.54, 1.807) is 32.2 Å². The standard InChI is InChI=1S/C22H26N2O6/c1-4-28-20(21(25)26)13-15-9-10-16(14-19(15)27-3)29-12-11-24(2)22-23-17-7-5-6-8-18(17)30-22/h5-10,14,20H,4,11-13H2,1-3H3,(H,25,26). The van der Waals surface area contributed by atoms with Gasteiger partial charge in [-0.3, -0.25) is 0 Å². The average Bonchev–Trinajstić information content (AvgIpc) is 3.18. The topological polar surface area (TPSA) is 94.3 Å². The summed E-state index contributed by atoms with van der Waals surface area (Å²) in [5.74, 6) is 0.192. The SMILES string of the molecule is CCOC(Cc1ccc(OCCN(C)c2nc3ccccc3o2)cc1OC)C(=O)O. The van der Waals surface area contributed by atoms with E-state index < -0.39 is 12.1 Å². The van der Waals surface area contributed by atoms with Crippen LogP contribution in [0.1, 0.15) is 12.5 Å². The number of methoxy groups -OCH3 is 1. The van der Waals surface area contributed by atoms with Crippen LogP contribution in [0, 0.1) is 0 Å². The van der Waals surface area contributed by atoms with Crippen molar-refractivity contribution in [2.45, 2.75) is 19.4 Å². The Morgan fingerprint density at radius 1 is 1.27 bits per heavy atom. The van der Waals surface area contributed by atoms with Gasteiger partial charge in [-0.15, -0.1) is 0 Å². The maximum atomic E-state index is 11.3. The van der Waals surface area contributed by atoms with E-state index in [9.17, 15) is 9.90 Å². The summed E-state index contributed by atoms with van der Waals surface area (Å²) in [5.41, 5.74) is 2.30. The van der Waals surface area contributed by atoms with Crippen molar-refractivity contribution in [2.24, 2.45) is 0 Å². The van der Waals surface area contributed by atoms with Crippen LogP contribution < -0.4 is 14.4 Å². The highest BCUT2D eigenvalue weighted by atomic mass is 16.5. The number of benzene rings is 2. The first-order valence-corrected chi connectivity index (χ1v) is 9.72. The van der Waals surface area contributed by atoms with Gasteiger partial charge >= 0.3 is 5.97 Å². The summed E-state index contributed by atoms with van der Waals surface area (Å²) in [6.07, 6.45) is -0.701. The highest BCUT2D eigenvalue weighted by Crippen LogP contribution is 2.27. The number of carbonyl (C=O) groups is 1. The molecule has 1 aromatic heterocycles. The second-order valence-electron chi connectivity index (χ2n) is 6.69. The lowest BCUT2D eigenvalue weighted by Crippen LogP contribution is -2.26. The molecule has 0 saturated carbocycles. The van der Waals surface area contributed by atoms with E-state index in [0.717, 1.165) is 16.7 Å². The number of rotatable bonds is 11. The molecule has 2 aromatic carbocycles. The number of aromatic nitrogens is 1. The molecule has 0 saturated heterocycles. The normalized spacial score (nSPS) is 12.0. The number of oxazole rings is 1. The molecule has 160 valence electrons. The number of carboxylic acid groups (broad SMARTS) is 1. The molecule has 3 aromatic rings. The highest BCUT2D eigenvalue weighted by molar-refractivity contribution is 5.74. The van der Waals surface area contributed by atoms with Gasteiger partial charge in [0.25, 0.3) is 6.01 Å². The first-order valence-electron chi connectivity index (χ1n) is 9.72. The van der Waals surface area contributed by atoms with Gasteiger partial charge in [-0.25, -0.2) is 4.79 Å². The van der Waals surface area contributed by atoms with Crippen molar-refractivity contribution in [3.8, 4) is 11.5 Å². The van der Waals surface area contributed by atoms with E-state index in [-0.39, 0.29) is 6.42 Å². The molecule has 0 radical (unpaired) electrons. The Morgan fingerprint density at radius 3 is 2.77 bits per heavy atom. The maximum Gasteiger partial charge on any atom is 0.333 e. The van der Waals surface area contributed by atoms with Gasteiger partial charge in [-0.2, -0.15) is 4.98 Å². The largest absolute Gasteiger partial charge is 0.496 e. The first-order chi connectivity index (χ1) is 14.5. The second kappa shape index (κ2) is 9.98. The van der Waals surface area contributed by atoms with Crippen molar-refractivity contribution in [3.63, 3.8) is 0 Å². The average molecular weight is 414 g/mol. The molecular formula is C22H26N2O6. The predicted octanol–water partition coefficient (Wildman–Crippen LogP) is 3.38. The van der Waals surface area contributed by atoms with Gasteiger partial charge in [0.05, 0.1) is 13.7 Å². The van der Waals surface area contributed by atoms with Crippen LogP contribution in [0.3, 0.4) is 0 Å². The molecule has 0 spiro atoms. The fraction of sp³-hybridized carbons (Fsp3) is 0.364. The Bertz CT molecular complexity index is 954. The Balaban J connectivity index is 1.59. The number of likely N-dealkylation sites (N-methyl/N-ethyl adjacent to an activating group) is 1. The van der Waals surface area contributed by atoms with Gasteiger partial charge < -0.3 is 28.6 Å². The number of anilines is 1. The van der Waals surface area contributed by atoms with E-state index in [4.69, 9.17) is 18.6 Å². The summed E-state index contributed by atoms with van der Waals surface area (Å²) in [6, 6.07) is 13.5. The quantitative estimate of drug-likeness (QED) is 0.510. The summed E-state index contributed by atoms with van der Waals surface area (Å²) >= 11 is 0. The highest BCUT2D eigenvalue weighted by Gasteiger charge is 2.20. The molecule has 0 amide bonds. The molecule has 0 bridgehead atoms. The predicted molar refractivity (Wildman–Crippen MR) is 113 cm³/mol. The number of hydrogen-bond acceptors (Lipinski definition) is 7. The first kappa shape index (κ1) is 21.4. The van der Waals surface area contributed by atoms with E-state index in [2.05, 4.69) is 4.98 Å². The summed E-state index contributed by atoms with van der Waals surface area (Å²) < 4.78 is 22.3. The Hall–Kier alpha value is -3.26. The molecule has 8 nitrogen and oxygen atoms in total. The van der Waals surface area contributed by atoms with E-state index in [1.807, 2.05) is 36.2 Å².